The number of nitrogens with zero attached hydrogens (tertiary/aromatic N) is 3. The SMILES string of the molecule is CCc1cc(CNC(=O)C[C@H]2CCCN(C(=O)c3ccc4nc(C)[nH]c4c3)C2)on1. The Morgan fingerprint density at radius 2 is 2.20 bits per heavy atom. The highest BCUT2D eigenvalue weighted by Crippen LogP contribution is 2.22. The minimum Gasteiger partial charge on any atom is -0.359 e. The number of aromatic nitrogens is 3. The topological polar surface area (TPSA) is 104 Å². The van der Waals surface area contributed by atoms with Gasteiger partial charge in [0.25, 0.3) is 5.91 Å². The Morgan fingerprint density at radius 3 is 3.00 bits per heavy atom. The van der Waals surface area contributed by atoms with Crippen molar-refractivity contribution in [3.63, 3.8) is 0 Å². The summed E-state index contributed by atoms with van der Waals surface area (Å²) >= 11 is 0. The van der Waals surface area contributed by atoms with Gasteiger partial charge in [0, 0.05) is 31.1 Å². The Bertz CT molecular complexity index is 1050. The van der Waals surface area contributed by atoms with Gasteiger partial charge in [-0.15, -0.1) is 0 Å². The molecule has 4 rings (SSSR count). The maximum Gasteiger partial charge on any atom is 0.253 e. The summed E-state index contributed by atoms with van der Waals surface area (Å²) in [6, 6.07) is 7.41. The summed E-state index contributed by atoms with van der Waals surface area (Å²) in [6.07, 6.45) is 3.04. The number of aryl methyl sites for hydroxylation is 2. The van der Waals surface area contributed by atoms with E-state index in [2.05, 4.69) is 20.4 Å². The lowest BCUT2D eigenvalue weighted by atomic mass is 9.94. The van der Waals surface area contributed by atoms with Crippen LogP contribution < -0.4 is 5.32 Å². The van der Waals surface area contributed by atoms with Gasteiger partial charge in [-0.3, -0.25) is 9.59 Å². The fourth-order valence-electron chi connectivity index (χ4n) is 3.99. The van der Waals surface area contributed by atoms with E-state index in [-0.39, 0.29) is 17.7 Å². The van der Waals surface area contributed by atoms with Crippen molar-refractivity contribution in [3.8, 4) is 0 Å². The average Bonchev–Trinajstić information content (AvgIpc) is 3.36. The lowest BCUT2D eigenvalue weighted by Crippen LogP contribution is -2.41. The molecule has 1 fully saturated rings. The minimum absolute atomic E-state index is 0.00279. The molecule has 3 aromatic rings. The van der Waals surface area contributed by atoms with Gasteiger partial charge in [0.1, 0.15) is 5.82 Å². The van der Waals surface area contributed by atoms with Gasteiger partial charge in [0.2, 0.25) is 5.91 Å². The van der Waals surface area contributed by atoms with E-state index in [0.29, 0.717) is 30.8 Å². The Balaban J connectivity index is 1.32. The van der Waals surface area contributed by atoms with E-state index in [1.807, 2.05) is 43.0 Å². The van der Waals surface area contributed by atoms with E-state index in [9.17, 15) is 9.59 Å². The van der Waals surface area contributed by atoms with Crippen LogP contribution in [-0.4, -0.2) is 44.9 Å². The van der Waals surface area contributed by atoms with Gasteiger partial charge in [-0.05, 0) is 50.3 Å². The molecule has 2 amide bonds. The summed E-state index contributed by atoms with van der Waals surface area (Å²) in [6.45, 7) is 5.55. The monoisotopic (exact) mass is 409 g/mol. The van der Waals surface area contributed by atoms with Gasteiger partial charge in [-0.1, -0.05) is 12.1 Å². The quantitative estimate of drug-likeness (QED) is 0.651. The van der Waals surface area contributed by atoms with E-state index in [4.69, 9.17) is 4.52 Å². The summed E-state index contributed by atoms with van der Waals surface area (Å²) in [7, 11) is 0. The third-order valence-corrected chi connectivity index (χ3v) is 5.56. The Morgan fingerprint density at radius 1 is 1.33 bits per heavy atom. The molecule has 1 atom stereocenters. The molecule has 158 valence electrons. The molecule has 1 aromatic carbocycles. The van der Waals surface area contributed by atoms with Crippen LogP contribution in [0.25, 0.3) is 11.0 Å². The second-order valence-corrected chi connectivity index (χ2v) is 7.93. The smallest absolute Gasteiger partial charge is 0.253 e. The first kappa shape index (κ1) is 20.1. The zero-order chi connectivity index (χ0) is 21.1. The number of imidazole rings is 1. The van der Waals surface area contributed by atoms with Gasteiger partial charge in [-0.2, -0.15) is 0 Å². The zero-order valence-electron chi connectivity index (χ0n) is 17.4. The fraction of sp³-hybridized carbons (Fsp3) is 0.455. The molecule has 0 spiro atoms. The molecular formula is C22H27N5O3. The van der Waals surface area contributed by atoms with Crippen LogP contribution in [0, 0.1) is 12.8 Å². The van der Waals surface area contributed by atoms with E-state index < -0.39 is 0 Å². The van der Waals surface area contributed by atoms with E-state index >= 15 is 0 Å². The second-order valence-electron chi connectivity index (χ2n) is 7.93. The molecule has 2 aromatic heterocycles. The van der Waals surface area contributed by atoms with Crippen molar-refractivity contribution in [1.82, 2.24) is 25.3 Å². The molecule has 0 bridgehead atoms. The van der Waals surface area contributed by atoms with Crippen LogP contribution in [0.4, 0.5) is 0 Å². The van der Waals surface area contributed by atoms with Crippen LogP contribution in [-0.2, 0) is 17.8 Å². The van der Waals surface area contributed by atoms with Crippen LogP contribution in [0.5, 0.6) is 0 Å². The standard InChI is InChI=1S/C22H27N5O3/c1-3-17-11-18(30-26-17)12-23-21(28)9-15-5-4-8-27(13-15)22(29)16-6-7-19-20(10-16)25-14(2)24-19/h6-7,10-11,15H,3-5,8-9,12-13H2,1-2H3,(H,23,28)(H,24,25)/t15-/m1/s1. The molecule has 0 unspecified atom stereocenters. The lowest BCUT2D eigenvalue weighted by Gasteiger charge is -2.32. The number of rotatable bonds is 6. The normalized spacial score (nSPS) is 16.7. The first-order valence-corrected chi connectivity index (χ1v) is 10.5. The fourth-order valence-corrected chi connectivity index (χ4v) is 3.99. The highest BCUT2D eigenvalue weighted by atomic mass is 16.5. The molecule has 0 radical (unpaired) electrons. The number of hydrogen-bond donors (Lipinski definition) is 2. The number of carbonyl (C=O) groups is 2. The summed E-state index contributed by atoms with van der Waals surface area (Å²) < 4.78 is 5.20. The molecule has 30 heavy (non-hydrogen) atoms. The Labute approximate surface area is 175 Å². The predicted molar refractivity (Wildman–Crippen MR) is 112 cm³/mol. The van der Waals surface area contributed by atoms with Crippen LogP contribution in [0.3, 0.4) is 0 Å². The second kappa shape index (κ2) is 8.69. The average molecular weight is 409 g/mol. The summed E-state index contributed by atoms with van der Waals surface area (Å²) in [4.78, 5) is 34.8. The largest absolute Gasteiger partial charge is 0.359 e. The number of likely N-dealkylation sites (tertiary alicyclic amines) is 1. The predicted octanol–water partition coefficient (Wildman–Crippen LogP) is 2.98. The first-order chi connectivity index (χ1) is 14.5. The molecular weight excluding hydrogens is 382 g/mol. The molecule has 1 saturated heterocycles. The zero-order valence-corrected chi connectivity index (χ0v) is 17.4. The molecule has 0 aliphatic carbocycles. The van der Waals surface area contributed by atoms with Crippen LogP contribution in [0.15, 0.2) is 28.8 Å². The minimum atomic E-state index is -0.0295. The summed E-state index contributed by atoms with van der Waals surface area (Å²) in [5.41, 5.74) is 3.25. The van der Waals surface area contributed by atoms with E-state index in [1.165, 1.54) is 0 Å². The highest BCUT2D eigenvalue weighted by Gasteiger charge is 2.26. The Kier molecular flexibility index (Phi) is 5.83. The third kappa shape index (κ3) is 4.53. The molecule has 3 heterocycles. The number of aromatic amines is 1. The first-order valence-electron chi connectivity index (χ1n) is 10.5. The number of piperidine rings is 1. The summed E-state index contributed by atoms with van der Waals surface area (Å²) in [5, 5.41) is 6.82. The van der Waals surface area contributed by atoms with Crippen molar-refractivity contribution in [2.24, 2.45) is 5.92 Å². The molecule has 8 heteroatoms. The van der Waals surface area contributed by atoms with Crippen molar-refractivity contribution in [1.29, 1.82) is 0 Å². The number of amides is 2. The van der Waals surface area contributed by atoms with Crippen molar-refractivity contribution in [3.05, 3.63) is 47.1 Å². The lowest BCUT2D eigenvalue weighted by molar-refractivity contribution is -0.122. The highest BCUT2D eigenvalue weighted by molar-refractivity contribution is 5.97. The van der Waals surface area contributed by atoms with Gasteiger partial charge < -0.3 is 19.7 Å². The van der Waals surface area contributed by atoms with Gasteiger partial charge in [-0.25, -0.2) is 4.98 Å². The van der Waals surface area contributed by atoms with Crippen molar-refractivity contribution in [2.45, 2.75) is 46.1 Å². The van der Waals surface area contributed by atoms with Crippen molar-refractivity contribution >= 4 is 22.8 Å². The van der Waals surface area contributed by atoms with Crippen LogP contribution >= 0.6 is 0 Å². The number of benzene rings is 1. The number of hydrogen-bond acceptors (Lipinski definition) is 5. The number of H-pyrrole nitrogens is 1. The molecule has 2 N–H and O–H groups in total. The molecule has 1 aliphatic rings. The van der Waals surface area contributed by atoms with Crippen LogP contribution in [0.1, 0.15) is 53.8 Å². The van der Waals surface area contributed by atoms with Crippen molar-refractivity contribution < 1.29 is 14.1 Å². The van der Waals surface area contributed by atoms with Crippen LogP contribution in [0.2, 0.25) is 0 Å². The molecule has 1 aliphatic heterocycles. The maximum atomic E-state index is 13.0. The summed E-state index contributed by atoms with van der Waals surface area (Å²) in [5.74, 6) is 1.61. The van der Waals surface area contributed by atoms with Gasteiger partial charge >= 0.3 is 0 Å². The number of fused-ring (bicyclic) bond motifs is 1. The third-order valence-electron chi connectivity index (χ3n) is 5.56. The van der Waals surface area contributed by atoms with Gasteiger partial charge in [0.15, 0.2) is 5.76 Å². The van der Waals surface area contributed by atoms with Crippen molar-refractivity contribution in [2.75, 3.05) is 13.1 Å². The van der Waals surface area contributed by atoms with E-state index in [1.54, 1.807) is 0 Å². The molecule has 0 saturated carbocycles. The number of nitrogens with one attached hydrogen (secondary N) is 2. The maximum absolute atomic E-state index is 13.0. The van der Waals surface area contributed by atoms with Gasteiger partial charge in [0.05, 0.1) is 23.3 Å². The van der Waals surface area contributed by atoms with E-state index in [0.717, 1.165) is 48.4 Å². The Hall–Kier alpha value is -3.16. The number of carbonyl (C=O) groups excluding carboxylic acids is 2. The molecule has 8 nitrogen and oxygen atoms in total.